The number of ether oxygens (including phenoxy) is 1. The van der Waals surface area contributed by atoms with Crippen molar-refractivity contribution in [2.45, 2.75) is 18.3 Å². The van der Waals surface area contributed by atoms with Crippen LogP contribution in [0.4, 0.5) is 10.3 Å². The molecule has 3 aromatic rings. The largest absolute Gasteiger partial charge is 0.381 e. The molecule has 27 heavy (non-hydrogen) atoms. The second-order valence-electron chi connectivity index (χ2n) is 6.76. The average Bonchev–Trinajstić information content (AvgIpc) is 2.74. The summed E-state index contributed by atoms with van der Waals surface area (Å²) in [6.07, 6.45) is 6.88. The average molecular weight is 364 g/mol. The molecule has 0 aliphatic carbocycles. The van der Waals surface area contributed by atoms with E-state index in [0.717, 1.165) is 29.7 Å². The van der Waals surface area contributed by atoms with Gasteiger partial charge < -0.3 is 10.1 Å². The number of pyridine rings is 1. The van der Waals surface area contributed by atoms with Crippen LogP contribution in [0, 0.1) is 5.82 Å². The van der Waals surface area contributed by atoms with E-state index in [9.17, 15) is 4.39 Å². The molecule has 1 fully saturated rings. The summed E-state index contributed by atoms with van der Waals surface area (Å²) in [5, 5.41) is 3.37. The van der Waals surface area contributed by atoms with Gasteiger partial charge in [-0.3, -0.25) is 4.98 Å². The molecule has 138 valence electrons. The van der Waals surface area contributed by atoms with Crippen LogP contribution >= 0.6 is 0 Å². The highest BCUT2D eigenvalue weighted by Crippen LogP contribution is 2.35. The first kappa shape index (κ1) is 17.5. The van der Waals surface area contributed by atoms with Crippen LogP contribution in [0.1, 0.15) is 18.4 Å². The van der Waals surface area contributed by atoms with Crippen molar-refractivity contribution in [3.05, 3.63) is 72.4 Å². The van der Waals surface area contributed by atoms with Crippen molar-refractivity contribution in [3.63, 3.8) is 0 Å². The molecule has 0 atom stereocenters. The summed E-state index contributed by atoms with van der Waals surface area (Å²) in [6, 6.07) is 12.6. The van der Waals surface area contributed by atoms with Crippen molar-refractivity contribution < 1.29 is 9.13 Å². The minimum atomic E-state index is -0.214. The van der Waals surface area contributed by atoms with Crippen LogP contribution < -0.4 is 5.32 Å². The molecule has 2 aromatic heterocycles. The molecule has 6 heteroatoms. The van der Waals surface area contributed by atoms with Crippen LogP contribution in [-0.2, 0) is 10.2 Å². The maximum atomic E-state index is 13.8. The maximum Gasteiger partial charge on any atom is 0.223 e. The Labute approximate surface area is 157 Å². The Hall–Kier alpha value is -2.86. The highest BCUT2D eigenvalue weighted by atomic mass is 19.1. The summed E-state index contributed by atoms with van der Waals surface area (Å²) in [4.78, 5) is 13.0. The third kappa shape index (κ3) is 3.95. The predicted molar refractivity (Wildman–Crippen MR) is 102 cm³/mol. The molecule has 0 saturated carbocycles. The van der Waals surface area contributed by atoms with Crippen LogP contribution in [0.2, 0.25) is 0 Å². The lowest BCUT2D eigenvalue weighted by Gasteiger charge is -2.38. The lowest BCUT2D eigenvalue weighted by Crippen LogP contribution is -2.40. The monoisotopic (exact) mass is 364 g/mol. The van der Waals surface area contributed by atoms with Crippen LogP contribution in [-0.4, -0.2) is 34.7 Å². The van der Waals surface area contributed by atoms with Crippen molar-refractivity contribution in [1.29, 1.82) is 0 Å². The van der Waals surface area contributed by atoms with Crippen LogP contribution in [0.15, 0.2) is 61.1 Å². The van der Waals surface area contributed by atoms with Crippen LogP contribution in [0.25, 0.3) is 11.3 Å². The molecule has 1 saturated heterocycles. The first-order chi connectivity index (χ1) is 13.3. The standard InChI is InChI=1S/C21H21FN4O/c22-18-3-1-2-17(14-18)21(7-12-27-13-8-21)15-25-20-24-11-6-19(26-20)16-4-9-23-10-5-16/h1-6,9-11,14H,7-8,12-13,15H2,(H,24,25,26). The van der Waals surface area contributed by atoms with E-state index < -0.39 is 0 Å². The second-order valence-corrected chi connectivity index (χ2v) is 6.76. The SMILES string of the molecule is Fc1cccc(C2(CNc3nccc(-c4ccncc4)n3)CCOCC2)c1. The molecule has 5 nitrogen and oxygen atoms in total. The van der Waals surface area contributed by atoms with E-state index in [1.807, 2.05) is 24.3 Å². The molecular weight excluding hydrogens is 343 g/mol. The van der Waals surface area contributed by atoms with Gasteiger partial charge in [0.2, 0.25) is 5.95 Å². The number of halogens is 1. The van der Waals surface area contributed by atoms with Gasteiger partial charge in [0.1, 0.15) is 5.82 Å². The van der Waals surface area contributed by atoms with Gasteiger partial charge in [0.05, 0.1) is 5.69 Å². The number of anilines is 1. The predicted octanol–water partition coefficient (Wildman–Crippen LogP) is 3.84. The Balaban J connectivity index is 1.57. The van der Waals surface area contributed by atoms with E-state index in [-0.39, 0.29) is 11.2 Å². The van der Waals surface area contributed by atoms with Crippen LogP contribution in [0.5, 0.6) is 0 Å². The number of benzene rings is 1. The smallest absolute Gasteiger partial charge is 0.223 e. The van der Waals surface area contributed by atoms with Crippen molar-refractivity contribution in [1.82, 2.24) is 15.0 Å². The number of nitrogens with one attached hydrogen (secondary N) is 1. The van der Waals surface area contributed by atoms with Gasteiger partial charge in [0, 0.05) is 49.3 Å². The van der Waals surface area contributed by atoms with Gasteiger partial charge in [0.15, 0.2) is 0 Å². The zero-order valence-corrected chi connectivity index (χ0v) is 14.9. The van der Waals surface area contributed by atoms with Gasteiger partial charge >= 0.3 is 0 Å². The molecule has 1 aliphatic heterocycles. The van der Waals surface area contributed by atoms with E-state index in [1.165, 1.54) is 6.07 Å². The zero-order chi connectivity index (χ0) is 18.5. The summed E-state index contributed by atoms with van der Waals surface area (Å²) in [5.74, 6) is 0.348. The maximum absolute atomic E-state index is 13.8. The Morgan fingerprint density at radius 3 is 2.63 bits per heavy atom. The van der Waals surface area contributed by atoms with Gasteiger partial charge in [-0.25, -0.2) is 14.4 Å². The summed E-state index contributed by atoms with van der Waals surface area (Å²) in [5.41, 5.74) is 2.61. The minimum absolute atomic E-state index is 0.198. The fraction of sp³-hybridized carbons (Fsp3) is 0.286. The van der Waals surface area contributed by atoms with Gasteiger partial charge in [0.25, 0.3) is 0 Å². The summed E-state index contributed by atoms with van der Waals surface area (Å²) >= 11 is 0. The van der Waals surface area contributed by atoms with Gasteiger partial charge in [-0.05, 0) is 48.7 Å². The van der Waals surface area contributed by atoms with Crippen molar-refractivity contribution in [3.8, 4) is 11.3 Å². The van der Waals surface area contributed by atoms with E-state index >= 15 is 0 Å². The van der Waals surface area contributed by atoms with E-state index in [1.54, 1.807) is 30.7 Å². The molecule has 0 radical (unpaired) electrons. The van der Waals surface area contributed by atoms with Crippen molar-refractivity contribution in [2.24, 2.45) is 0 Å². The van der Waals surface area contributed by atoms with Gasteiger partial charge in [-0.1, -0.05) is 12.1 Å². The highest BCUT2D eigenvalue weighted by Gasteiger charge is 2.34. The fourth-order valence-corrected chi connectivity index (χ4v) is 3.52. The van der Waals surface area contributed by atoms with Crippen molar-refractivity contribution in [2.75, 3.05) is 25.1 Å². The normalized spacial score (nSPS) is 16.0. The fourth-order valence-electron chi connectivity index (χ4n) is 3.52. The molecule has 1 aliphatic rings. The first-order valence-corrected chi connectivity index (χ1v) is 9.06. The quantitative estimate of drug-likeness (QED) is 0.745. The molecule has 1 aromatic carbocycles. The van der Waals surface area contributed by atoms with E-state index in [4.69, 9.17) is 4.74 Å². The number of nitrogens with zero attached hydrogens (tertiary/aromatic N) is 3. The van der Waals surface area contributed by atoms with Gasteiger partial charge in [-0.2, -0.15) is 0 Å². The first-order valence-electron chi connectivity index (χ1n) is 9.06. The molecule has 3 heterocycles. The number of rotatable bonds is 5. The van der Waals surface area contributed by atoms with E-state index in [2.05, 4.69) is 20.3 Å². The number of hydrogen-bond acceptors (Lipinski definition) is 5. The molecular formula is C21H21FN4O. The summed E-state index contributed by atoms with van der Waals surface area (Å²) < 4.78 is 19.4. The minimum Gasteiger partial charge on any atom is -0.381 e. The summed E-state index contributed by atoms with van der Waals surface area (Å²) in [6.45, 7) is 1.95. The Kier molecular flexibility index (Phi) is 5.07. The van der Waals surface area contributed by atoms with E-state index in [0.29, 0.717) is 25.7 Å². The molecule has 0 bridgehead atoms. The Bertz CT molecular complexity index is 897. The third-order valence-corrected chi connectivity index (χ3v) is 5.10. The Morgan fingerprint density at radius 1 is 1.04 bits per heavy atom. The van der Waals surface area contributed by atoms with Crippen molar-refractivity contribution >= 4 is 5.95 Å². The number of hydrogen-bond donors (Lipinski definition) is 1. The topological polar surface area (TPSA) is 59.9 Å². The molecule has 0 spiro atoms. The Morgan fingerprint density at radius 2 is 1.85 bits per heavy atom. The second kappa shape index (κ2) is 7.80. The third-order valence-electron chi connectivity index (χ3n) is 5.10. The highest BCUT2D eigenvalue weighted by molar-refractivity contribution is 5.59. The molecule has 1 N–H and O–H groups in total. The molecule has 0 amide bonds. The van der Waals surface area contributed by atoms with Crippen LogP contribution in [0.3, 0.4) is 0 Å². The van der Waals surface area contributed by atoms with Gasteiger partial charge in [-0.15, -0.1) is 0 Å². The molecule has 0 unspecified atom stereocenters. The zero-order valence-electron chi connectivity index (χ0n) is 14.9. The molecule has 4 rings (SSSR count). The number of aromatic nitrogens is 3. The summed E-state index contributed by atoms with van der Waals surface area (Å²) in [7, 11) is 0. The lowest BCUT2D eigenvalue weighted by molar-refractivity contribution is 0.0542. The lowest BCUT2D eigenvalue weighted by atomic mass is 9.74.